The van der Waals surface area contributed by atoms with Crippen molar-refractivity contribution in [1.29, 1.82) is 0 Å². The first-order valence-electron chi connectivity index (χ1n) is 7.57. The molecule has 0 radical (unpaired) electrons. The summed E-state index contributed by atoms with van der Waals surface area (Å²) in [5, 5.41) is 8.38. The van der Waals surface area contributed by atoms with Gasteiger partial charge in [0.15, 0.2) is 0 Å². The maximum absolute atomic E-state index is 10.2. The Morgan fingerprint density at radius 1 is 1.05 bits per heavy atom. The second kappa shape index (κ2) is 19.8. The normalized spacial score (nSPS) is 9.58. The van der Waals surface area contributed by atoms with E-state index in [4.69, 9.17) is 16.7 Å². The molecule has 0 aromatic rings. The number of hydrogen-bond acceptors (Lipinski definition) is 1. The van der Waals surface area contributed by atoms with Crippen molar-refractivity contribution in [2.75, 3.05) is 5.88 Å². The zero-order valence-electron chi connectivity index (χ0n) is 12.5. The molecule has 0 aromatic heterocycles. The molecule has 0 spiro atoms. The fraction of sp³-hybridized carbons (Fsp3) is 0.812. The molecular formula is C16H31ClO2. The maximum atomic E-state index is 10.2. The summed E-state index contributed by atoms with van der Waals surface area (Å²) in [6.45, 7) is 5.84. The minimum absolute atomic E-state index is 0.326. The van der Waals surface area contributed by atoms with E-state index in [2.05, 4.69) is 13.5 Å². The molecule has 0 aliphatic carbocycles. The van der Waals surface area contributed by atoms with Crippen molar-refractivity contribution in [3.63, 3.8) is 0 Å². The molecule has 19 heavy (non-hydrogen) atoms. The molecular weight excluding hydrogens is 260 g/mol. The van der Waals surface area contributed by atoms with Gasteiger partial charge in [-0.1, -0.05) is 51.5 Å². The van der Waals surface area contributed by atoms with Crippen LogP contribution in [0.2, 0.25) is 0 Å². The van der Waals surface area contributed by atoms with Crippen LogP contribution in [0.25, 0.3) is 0 Å². The van der Waals surface area contributed by atoms with Crippen LogP contribution in [0.1, 0.15) is 77.6 Å². The van der Waals surface area contributed by atoms with Gasteiger partial charge < -0.3 is 5.11 Å². The third-order valence-corrected chi connectivity index (χ3v) is 3.05. The Hall–Kier alpha value is -0.500. The Labute approximate surface area is 124 Å². The Balaban J connectivity index is 0. The molecule has 0 rings (SSSR count). The fourth-order valence-corrected chi connectivity index (χ4v) is 1.81. The molecule has 114 valence electrons. The fourth-order valence-electron chi connectivity index (χ4n) is 1.62. The number of carboxylic acid groups (broad SMARTS) is 1. The van der Waals surface area contributed by atoms with Crippen LogP contribution in [0.4, 0.5) is 0 Å². The van der Waals surface area contributed by atoms with Gasteiger partial charge in [0, 0.05) is 12.3 Å². The first-order chi connectivity index (χ1) is 9.18. The van der Waals surface area contributed by atoms with Gasteiger partial charge in [0.1, 0.15) is 0 Å². The number of alkyl halides is 1. The van der Waals surface area contributed by atoms with Crippen molar-refractivity contribution in [1.82, 2.24) is 0 Å². The van der Waals surface area contributed by atoms with Gasteiger partial charge in [0.25, 0.3) is 0 Å². The van der Waals surface area contributed by atoms with Crippen molar-refractivity contribution < 1.29 is 9.90 Å². The summed E-state index contributed by atoms with van der Waals surface area (Å²) < 4.78 is 0. The van der Waals surface area contributed by atoms with Gasteiger partial charge in [-0.3, -0.25) is 4.79 Å². The average molecular weight is 291 g/mol. The van der Waals surface area contributed by atoms with Gasteiger partial charge in [0.2, 0.25) is 0 Å². The third-order valence-electron chi connectivity index (χ3n) is 2.79. The van der Waals surface area contributed by atoms with E-state index in [9.17, 15) is 4.79 Å². The average Bonchev–Trinajstić information content (AvgIpc) is 2.40. The third kappa shape index (κ3) is 26.9. The van der Waals surface area contributed by atoms with Crippen molar-refractivity contribution in [3.8, 4) is 0 Å². The molecule has 0 amide bonds. The SMILES string of the molecule is C=CCCCCCCCCC(=O)O.CCCCCCl. The number of aliphatic carboxylic acids is 1. The summed E-state index contributed by atoms with van der Waals surface area (Å²) in [6, 6.07) is 0. The highest BCUT2D eigenvalue weighted by Crippen LogP contribution is 2.08. The molecule has 2 nitrogen and oxygen atoms in total. The summed E-state index contributed by atoms with van der Waals surface area (Å²) in [5.74, 6) is 0.153. The summed E-state index contributed by atoms with van der Waals surface area (Å²) in [5.41, 5.74) is 0. The summed E-state index contributed by atoms with van der Waals surface area (Å²) in [4.78, 5) is 10.2. The zero-order chi connectivity index (χ0) is 14.8. The predicted molar refractivity (Wildman–Crippen MR) is 85.0 cm³/mol. The molecule has 0 bridgehead atoms. The lowest BCUT2D eigenvalue weighted by molar-refractivity contribution is -0.137. The van der Waals surface area contributed by atoms with Crippen LogP contribution in [0.5, 0.6) is 0 Å². The standard InChI is InChI=1S/C11H20O2.C5H11Cl/c1-2-3-4-5-6-7-8-9-10-11(12)13;1-2-3-4-5-6/h2H,1,3-10H2,(H,12,13);2-5H2,1H3. The molecule has 3 heteroatoms. The molecule has 1 N–H and O–H groups in total. The molecule has 0 saturated heterocycles. The topological polar surface area (TPSA) is 37.3 Å². The number of carboxylic acids is 1. The number of carbonyl (C=O) groups is 1. The van der Waals surface area contributed by atoms with E-state index >= 15 is 0 Å². The van der Waals surface area contributed by atoms with Gasteiger partial charge in [-0.25, -0.2) is 0 Å². The summed E-state index contributed by atoms with van der Waals surface area (Å²) >= 11 is 5.38. The molecule has 0 aliphatic heterocycles. The van der Waals surface area contributed by atoms with Crippen LogP contribution < -0.4 is 0 Å². The highest BCUT2D eigenvalue weighted by molar-refractivity contribution is 6.17. The lowest BCUT2D eigenvalue weighted by Crippen LogP contribution is -1.93. The first kappa shape index (κ1) is 20.8. The predicted octanol–water partition coefficient (Wildman–Crippen LogP) is 5.79. The number of hydrogen-bond donors (Lipinski definition) is 1. The van der Waals surface area contributed by atoms with E-state index in [1.54, 1.807) is 0 Å². The summed E-state index contributed by atoms with van der Waals surface area (Å²) in [6.07, 6.45) is 13.9. The first-order valence-corrected chi connectivity index (χ1v) is 8.11. The quantitative estimate of drug-likeness (QED) is 0.280. The number of rotatable bonds is 12. The highest BCUT2D eigenvalue weighted by Gasteiger charge is 1.95. The van der Waals surface area contributed by atoms with Gasteiger partial charge >= 0.3 is 5.97 Å². The van der Waals surface area contributed by atoms with Crippen LogP contribution in [0.3, 0.4) is 0 Å². The van der Waals surface area contributed by atoms with E-state index < -0.39 is 5.97 Å². The molecule has 0 aromatic carbocycles. The van der Waals surface area contributed by atoms with Crippen LogP contribution in [0.15, 0.2) is 12.7 Å². The van der Waals surface area contributed by atoms with Gasteiger partial charge in [-0.2, -0.15) is 0 Å². The van der Waals surface area contributed by atoms with Crippen molar-refractivity contribution in [2.24, 2.45) is 0 Å². The maximum Gasteiger partial charge on any atom is 0.303 e. The Kier molecular flexibility index (Phi) is 21.7. The van der Waals surface area contributed by atoms with E-state index in [1.165, 1.54) is 44.9 Å². The van der Waals surface area contributed by atoms with Gasteiger partial charge in [0.05, 0.1) is 0 Å². The van der Waals surface area contributed by atoms with Gasteiger partial charge in [-0.15, -0.1) is 18.2 Å². The lowest BCUT2D eigenvalue weighted by atomic mass is 10.1. The second-order valence-electron chi connectivity index (χ2n) is 4.74. The monoisotopic (exact) mass is 290 g/mol. The van der Waals surface area contributed by atoms with Gasteiger partial charge in [-0.05, 0) is 25.7 Å². The molecule has 0 unspecified atom stereocenters. The molecule has 0 heterocycles. The minimum atomic E-state index is -0.674. The highest BCUT2D eigenvalue weighted by atomic mass is 35.5. The van der Waals surface area contributed by atoms with Crippen LogP contribution in [-0.2, 0) is 4.79 Å². The smallest absolute Gasteiger partial charge is 0.303 e. The molecule has 0 aliphatic rings. The Morgan fingerprint density at radius 2 is 1.63 bits per heavy atom. The Bertz CT molecular complexity index is 189. The van der Waals surface area contributed by atoms with Crippen LogP contribution in [0, 0.1) is 0 Å². The van der Waals surface area contributed by atoms with E-state index in [-0.39, 0.29) is 0 Å². The molecule has 0 fully saturated rings. The van der Waals surface area contributed by atoms with E-state index in [1.807, 2.05) is 6.08 Å². The van der Waals surface area contributed by atoms with Crippen LogP contribution >= 0.6 is 11.6 Å². The van der Waals surface area contributed by atoms with Crippen LogP contribution in [-0.4, -0.2) is 17.0 Å². The number of allylic oxidation sites excluding steroid dienone is 1. The molecule has 0 atom stereocenters. The number of halogens is 1. The van der Waals surface area contributed by atoms with Crippen molar-refractivity contribution in [3.05, 3.63) is 12.7 Å². The minimum Gasteiger partial charge on any atom is -0.481 e. The largest absolute Gasteiger partial charge is 0.481 e. The number of unbranched alkanes of at least 4 members (excludes halogenated alkanes) is 8. The lowest BCUT2D eigenvalue weighted by Gasteiger charge is -1.98. The molecule has 0 saturated carbocycles. The Morgan fingerprint density at radius 3 is 2.05 bits per heavy atom. The van der Waals surface area contributed by atoms with Crippen molar-refractivity contribution >= 4 is 17.6 Å². The second-order valence-corrected chi connectivity index (χ2v) is 5.12. The zero-order valence-corrected chi connectivity index (χ0v) is 13.3. The van der Waals surface area contributed by atoms with E-state index in [0.717, 1.165) is 25.1 Å². The van der Waals surface area contributed by atoms with Crippen molar-refractivity contribution in [2.45, 2.75) is 77.6 Å². The van der Waals surface area contributed by atoms with E-state index in [0.29, 0.717) is 6.42 Å². The summed E-state index contributed by atoms with van der Waals surface area (Å²) in [7, 11) is 0.